The fourth-order valence-electron chi connectivity index (χ4n) is 1.33. The molecule has 0 aliphatic heterocycles. The van der Waals surface area contributed by atoms with E-state index in [1.54, 1.807) is 0 Å². The van der Waals surface area contributed by atoms with E-state index < -0.39 is 0 Å². The molecule has 0 amide bonds. The van der Waals surface area contributed by atoms with Crippen LogP contribution < -0.4 is 11.1 Å². The summed E-state index contributed by atoms with van der Waals surface area (Å²) in [5, 5.41) is 12.2. The van der Waals surface area contributed by atoms with Gasteiger partial charge in [-0.25, -0.2) is 0 Å². The first-order valence-corrected chi connectivity index (χ1v) is 3.46. The molecular formula is C6H14N2O. The van der Waals surface area contributed by atoms with Crippen molar-refractivity contribution in [3.05, 3.63) is 0 Å². The fraction of sp³-hybridized carbons (Fsp3) is 1.00. The van der Waals surface area contributed by atoms with Gasteiger partial charge in [0.1, 0.15) is 0 Å². The fourth-order valence-corrected chi connectivity index (χ4v) is 1.33. The summed E-state index contributed by atoms with van der Waals surface area (Å²) in [4.78, 5) is 0. The van der Waals surface area contributed by atoms with Crippen LogP contribution >= 0.6 is 0 Å². The van der Waals surface area contributed by atoms with Crippen molar-refractivity contribution in [3.8, 4) is 0 Å². The Morgan fingerprint density at radius 2 is 2.33 bits per heavy atom. The van der Waals surface area contributed by atoms with Crippen LogP contribution in [0.15, 0.2) is 0 Å². The molecule has 1 rings (SSSR count). The summed E-state index contributed by atoms with van der Waals surface area (Å²) in [5.41, 5.74) is 5.25. The molecular weight excluding hydrogens is 116 g/mol. The summed E-state index contributed by atoms with van der Waals surface area (Å²) in [6, 6.07) is 0.259. The van der Waals surface area contributed by atoms with Crippen LogP contribution in [0.5, 0.6) is 0 Å². The van der Waals surface area contributed by atoms with Crippen LogP contribution in [0.2, 0.25) is 0 Å². The quantitative estimate of drug-likeness (QED) is 0.438. The predicted octanol–water partition coefficient (Wildman–Crippen LogP) is -0.594. The molecule has 0 aromatic rings. The van der Waals surface area contributed by atoms with Crippen LogP contribution in [0, 0.1) is 0 Å². The number of rotatable bonds is 2. The van der Waals surface area contributed by atoms with Crippen LogP contribution in [0.1, 0.15) is 19.3 Å². The van der Waals surface area contributed by atoms with Gasteiger partial charge in [0, 0.05) is 12.7 Å². The molecule has 3 heteroatoms. The maximum atomic E-state index is 9.20. The highest BCUT2D eigenvalue weighted by atomic mass is 16.3. The van der Waals surface area contributed by atoms with E-state index in [2.05, 4.69) is 5.32 Å². The van der Waals surface area contributed by atoms with Crippen molar-refractivity contribution in [2.45, 2.75) is 31.4 Å². The molecule has 0 bridgehead atoms. The highest BCUT2D eigenvalue weighted by Crippen LogP contribution is 2.17. The molecule has 0 radical (unpaired) electrons. The Morgan fingerprint density at radius 3 is 2.78 bits per heavy atom. The third kappa shape index (κ3) is 1.64. The third-order valence-electron chi connectivity index (χ3n) is 1.86. The molecule has 9 heavy (non-hydrogen) atoms. The second-order valence-electron chi connectivity index (χ2n) is 2.51. The van der Waals surface area contributed by atoms with E-state index in [0.29, 0.717) is 6.67 Å². The highest BCUT2D eigenvalue weighted by molar-refractivity contribution is 4.81. The van der Waals surface area contributed by atoms with E-state index in [4.69, 9.17) is 5.73 Å². The normalized spacial score (nSPS) is 35.3. The first-order chi connectivity index (χ1) is 4.34. The first kappa shape index (κ1) is 6.99. The highest BCUT2D eigenvalue weighted by Gasteiger charge is 2.23. The lowest BCUT2D eigenvalue weighted by atomic mass is 10.2. The summed E-state index contributed by atoms with van der Waals surface area (Å²) in [7, 11) is 0. The average molecular weight is 130 g/mol. The van der Waals surface area contributed by atoms with E-state index in [0.717, 1.165) is 19.3 Å². The van der Waals surface area contributed by atoms with E-state index >= 15 is 0 Å². The van der Waals surface area contributed by atoms with Crippen molar-refractivity contribution in [2.75, 3.05) is 6.67 Å². The Balaban J connectivity index is 2.22. The molecule has 0 saturated heterocycles. The molecule has 0 aromatic carbocycles. The lowest BCUT2D eigenvalue weighted by Gasteiger charge is -2.13. The lowest BCUT2D eigenvalue weighted by Crippen LogP contribution is -2.38. The average Bonchev–Trinajstić information content (AvgIpc) is 2.18. The van der Waals surface area contributed by atoms with Gasteiger partial charge in [-0.2, -0.15) is 0 Å². The van der Waals surface area contributed by atoms with Gasteiger partial charge in [0.25, 0.3) is 0 Å². The maximum Gasteiger partial charge on any atom is 0.0693 e. The van der Waals surface area contributed by atoms with Gasteiger partial charge in [0.05, 0.1) is 6.10 Å². The Kier molecular flexibility index (Phi) is 2.45. The minimum Gasteiger partial charge on any atom is -0.392 e. The minimum absolute atomic E-state index is 0.159. The second kappa shape index (κ2) is 3.15. The van der Waals surface area contributed by atoms with Crippen LogP contribution in [0.3, 0.4) is 0 Å². The number of aliphatic hydroxyl groups is 1. The van der Waals surface area contributed by atoms with Crippen molar-refractivity contribution < 1.29 is 5.11 Å². The zero-order valence-electron chi connectivity index (χ0n) is 5.51. The molecule has 2 unspecified atom stereocenters. The van der Waals surface area contributed by atoms with Gasteiger partial charge in [-0.05, 0) is 19.3 Å². The number of aliphatic hydroxyl groups excluding tert-OH is 1. The number of nitrogens with one attached hydrogen (secondary N) is 1. The summed E-state index contributed by atoms with van der Waals surface area (Å²) in [5.74, 6) is 0. The van der Waals surface area contributed by atoms with Crippen molar-refractivity contribution in [3.63, 3.8) is 0 Å². The molecule has 1 fully saturated rings. The van der Waals surface area contributed by atoms with E-state index in [1.807, 2.05) is 0 Å². The summed E-state index contributed by atoms with van der Waals surface area (Å²) in [6.07, 6.45) is 2.96. The molecule has 0 aromatic heterocycles. The number of hydrogen-bond acceptors (Lipinski definition) is 3. The Bertz CT molecular complexity index is 87.1. The standard InChI is InChI=1S/C6H14N2O/c7-4-8-5-2-1-3-6(5)9/h5-6,8-9H,1-4,7H2. The van der Waals surface area contributed by atoms with Crippen molar-refractivity contribution >= 4 is 0 Å². The minimum atomic E-state index is -0.159. The van der Waals surface area contributed by atoms with Gasteiger partial charge >= 0.3 is 0 Å². The van der Waals surface area contributed by atoms with Crippen LogP contribution in [-0.4, -0.2) is 23.9 Å². The van der Waals surface area contributed by atoms with Crippen LogP contribution in [-0.2, 0) is 0 Å². The van der Waals surface area contributed by atoms with Gasteiger partial charge in [0.15, 0.2) is 0 Å². The van der Waals surface area contributed by atoms with Gasteiger partial charge in [-0.3, -0.25) is 5.32 Å². The Labute approximate surface area is 55.2 Å². The predicted molar refractivity (Wildman–Crippen MR) is 35.8 cm³/mol. The van der Waals surface area contributed by atoms with Crippen molar-refractivity contribution in [2.24, 2.45) is 5.73 Å². The molecule has 1 aliphatic rings. The van der Waals surface area contributed by atoms with Gasteiger partial charge < -0.3 is 10.8 Å². The SMILES string of the molecule is NCNC1CCCC1O. The monoisotopic (exact) mass is 130 g/mol. The molecule has 4 N–H and O–H groups in total. The molecule has 54 valence electrons. The largest absolute Gasteiger partial charge is 0.392 e. The lowest BCUT2D eigenvalue weighted by molar-refractivity contribution is 0.150. The molecule has 2 atom stereocenters. The van der Waals surface area contributed by atoms with Gasteiger partial charge in [-0.1, -0.05) is 0 Å². The topological polar surface area (TPSA) is 58.3 Å². The molecule has 3 nitrogen and oxygen atoms in total. The van der Waals surface area contributed by atoms with Crippen molar-refractivity contribution in [1.82, 2.24) is 5.32 Å². The smallest absolute Gasteiger partial charge is 0.0693 e. The number of nitrogens with two attached hydrogens (primary N) is 1. The summed E-state index contributed by atoms with van der Waals surface area (Å²) < 4.78 is 0. The first-order valence-electron chi connectivity index (χ1n) is 3.46. The van der Waals surface area contributed by atoms with E-state index in [-0.39, 0.29) is 12.1 Å². The molecule has 1 aliphatic carbocycles. The van der Waals surface area contributed by atoms with E-state index in [9.17, 15) is 5.11 Å². The zero-order valence-corrected chi connectivity index (χ0v) is 5.51. The second-order valence-corrected chi connectivity index (χ2v) is 2.51. The maximum absolute atomic E-state index is 9.20. The summed E-state index contributed by atoms with van der Waals surface area (Å²) >= 11 is 0. The zero-order chi connectivity index (χ0) is 6.69. The Hall–Kier alpha value is -0.120. The molecule has 0 spiro atoms. The van der Waals surface area contributed by atoms with E-state index in [1.165, 1.54) is 0 Å². The van der Waals surface area contributed by atoms with Crippen LogP contribution in [0.25, 0.3) is 0 Å². The van der Waals surface area contributed by atoms with Crippen molar-refractivity contribution in [1.29, 1.82) is 0 Å². The molecule has 0 heterocycles. The third-order valence-corrected chi connectivity index (χ3v) is 1.86. The van der Waals surface area contributed by atoms with Gasteiger partial charge in [-0.15, -0.1) is 0 Å². The summed E-state index contributed by atoms with van der Waals surface area (Å²) in [6.45, 7) is 0.474. The van der Waals surface area contributed by atoms with Gasteiger partial charge in [0.2, 0.25) is 0 Å². The molecule has 1 saturated carbocycles. The number of hydrogen-bond donors (Lipinski definition) is 3. The Morgan fingerprint density at radius 1 is 1.56 bits per heavy atom. The van der Waals surface area contributed by atoms with Crippen LogP contribution in [0.4, 0.5) is 0 Å².